The standard InChI is InChI=1S/C22H19Cl2F3N2O3S2/c1-29-9-8-14(12-29)32-19-10-13(6-7-17(19)22(25,26)27)28-34(30,31)21-16(11-20(24)33-21)15-4-2-3-5-18(15)23/h2-7,10-11,14,28H,8-9,12H2,1H3/t14-/m1/s1. The Morgan fingerprint density at radius 2 is 1.85 bits per heavy atom. The van der Waals surface area contributed by atoms with Gasteiger partial charge in [-0.15, -0.1) is 11.3 Å². The van der Waals surface area contributed by atoms with Gasteiger partial charge in [0.1, 0.15) is 16.1 Å². The second kappa shape index (κ2) is 9.58. The van der Waals surface area contributed by atoms with Crippen molar-refractivity contribution in [1.82, 2.24) is 4.90 Å². The van der Waals surface area contributed by atoms with Gasteiger partial charge in [-0.3, -0.25) is 4.72 Å². The van der Waals surface area contributed by atoms with Crippen LogP contribution in [0.1, 0.15) is 12.0 Å². The summed E-state index contributed by atoms with van der Waals surface area (Å²) in [4.78, 5) is 1.95. The van der Waals surface area contributed by atoms with Crippen LogP contribution in [0.5, 0.6) is 5.75 Å². The highest BCUT2D eigenvalue weighted by Gasteiger charge is 2.36. The average molecular weight is 551 g/mol. The normalized spacial score (nSPS) is 17.2. The lowest BCUT2D eigenvalue weighted by Crippen LogP contribution is -2.23. The zero-order valence-corrected chi connectivity index (χ0v) is 20.8. The Hall–Kier alpha value is -1.98. The van der Waals surface area contributed by atoms with Crippen molar-refractivity contribution in [3.63, 3.8) is 0 Å². The molecule has 4 rings (SSSR count). The smallest absolute Gasteiger partial charge is 0.419 e. The number of sulfonamides is 1. The number of likely N-dealkylation sites (N-methyl/N-ethyl adjacent to an activating group) is 1. The van der Waals surface area contributed by atoms with Gasteiger partial charge in [0, 0.05) is 35.3 Å². The van der Waals surface area contributed by atoms with Crippen molar-refractivity contribution in [1.29, 1.82) is 0 Å². The Bertz CT molecular complexity index is 1310. The molecule has 5 nitrogen and oxygen atoms in total. The summed E-state index contributed by atoms with van der Waals surface area (Å²) in [6.45, 7) is 1.17. The van der Waals surface area contributed by atoms with Crippen LogP contribution in [0.15, 0.2) is 52.7 Å². The van der Waals surface area contributed by atoms with Gasteiger partial charge in [-0.05, 0) is 37.7 Å². The number of hydrogen-bond donors (Lipinski definition) is 1. The number of rotatable bonds is 6. The van der Waals surface area contributed by atoms with E-state index in [1.165, 1.54) is 6.07 Å². The quantitative estimate of drug-likeness (QED) is 0.374. The third-order valence-electron chi connectivity index (χ3n) is 5.26. The molecule has 1 aliphatic rings. The van der Waals surface area contributed by atoms with Crippen LogP contribution >= 0.6 is 34.5 Å². The van der Waals surface area contributed by atoms with Gasteiger partial charge < -0.3 is 9.64 Å². The fourth-order valence-electron chi connectivity index (χ4n) is 3.70. The van der Waals surface area contributed by atoms with Crippen molar-refractivity contribution in [3.8, 4) is 16.9 Å². The van der Waals surface area contributed by atoms with Gasteiger partial charge in [0.2, 0.25) is 0 Å². The summed E-state index contributed by atoms with van der Waals surface area (Å²) >= 11 is 13.2. The molecule has 1 fully saturated rings. The molecule has 0 aliphatic carbocycles. The molecule has 182 valence electrons. The molecule has 0 amide bonds. The third kappa shape index (κ3) is 5.46. The van der Waals surface area contributed by atoms with Gasteiger partial charge in [0.15, 0.2) is 0 Å². The van der Waals surface area contributed by atoms with E-state index in [1.54, 1.807) is 24.3 Å². The molecule has 1 N–H and O–H groups in total. The molecule has 0 bridgehead atoms. The van der Waals surface area contributed by atoms with Gasteiger partial charge >= 0.3 is 6.18 Å². The third-order valence-corrected chi connectivity index (χ3v) is 8.77. The van der Waals surface area contributed by atoms with Crippen LogP contribution in [0.2, 0.25) is 9.36 Å². The molecular formula is C22H19Cl2F3N2O3S2. The lowest BCUT2D eigenvalue weighted by Gasteiger charge is -2.19. The van der Waals surface area contributed by atoms with Gasteiger partial charge in [0.05, 0.1) is 15.6 Å². The number of nitrogens with zero attached hydrogens (tertiary/aromatic N) is 1. The molecule has 1 saturated heterocycles. The molecule has 0 unspecified atom stereocenters. The van der Waals surface area contributed by atoms with E-state index >= 15 is 0 Å². The number of ether oxygens (including phenoxy) is 1. The highest BCUT2D eigenvalue weighted by atomic mass is 35.5. The molecule has 0 spiro atoms. The van der Waals surface area contributed by atoms with Crippen molar-refractivity contribution in [2.45, 2.75) is 22.9 Å². The minimum absolute atomic E-state index is 0.0658. The number of thiophene rings is 1. The summed E-state index contributed by atoms with van der Waals surface area (Å²) in [6.07, 6.45) is -4.52. The van der Waals surface area contributed by atoms with E-state index in [0.29, 0.717) is 35.7 Å². The fourth-order valence-corrected chi connectivity index (χ4v) is 6.87. The van der Waals surface area contributed by atoms with E-state index in [-0.39, 0.29) is 14.2 Å². The summed E-state index contributed by atoms with van der Waals surface area (Å²) in [6, 6.07) is 11.1. The summed E-state index contributed by atoms with van der Waals surface area (Å²) in [7, 11) is -2.36. The lowest BCUT2D eigenvalue weighted by atomic mass is 10.1. The molecule has 0 saturated carbocycles. The van der Waals surface area contributed by atoms with Crippen molar-refractivity contribution in [2.75, 3.05) is 24.9 Å². The number of anilines is 1. The van der Waals surface area contributed by atoms with Crippen molar-refractivity contribution < 1.29 is 26.3 Å². The number of nitrogens with one attached hydrogen (secondary N) is 1. The first kappa shape index (κ1) is 25.1. The Morgan fingerprint density at radius 1 is 1.12 bits per heavy atom. The largest absolute Gasteiger partial charge is 0.488 e. The number of halogens is 5. The molecule has 1 atom stereocenters. The minimum atomic E-state index is -4.66. The number of alkyl halides is 3. The Morgan fingerprint density at radius 3 is 2.50 bits per heavy atom. The first-order valence-corrected chi connectivity index (χ1v) is 13.1. The molecule has 1 aliphatic heterocycles. The molecule has 12 heteroatoms. The minimum Gasteiger partial charge on any atom is -0.488 e. The van der Waals surface area contributed by atoms with Gasteiger partial charge in [-0.1, -0.05) is 41.4 Å². The number of likely N-dealkylation sites (tertiary alicyclic amines) is 1. The second-order valence-electron chi connectivity index (χ2n) is 7.84. The summed E-state index contributed by atoms with van der Waals surface area (Å²) in [5, 5.41) is 0.333. The van der Waals surface area contributed by atoms with Crippen LogP contribution in [-0.2, 0) is 16.2 Å². The molecule has 0 radical (unpaired) electrons. The van der Waals surface area contributed by atoms with Crippen LogP contribution in [-0.4, -0.2) is 39.6 Å². The van der Waals surface area contributed by atoms with E-state index in [0.717, 1.165) is 29.5 Å². The topological polar surface area (TPSA) is 58.6 Å². The van der Waals surface area contributed by atoms with Gasteiger partial charge in [0.25, 0.3) is 10.0 Å². The van der Waals surface area contributed by atoms with Crippen molar-refractivity contribution >= 4 is 50.2 Å². The average Bonchev–Trinajstić information content (AvgIpc) is 3.33. The van der Waals surface area contributed by atoms with E-state index < -0.39 is 33.6 Å². The van der Waals surface area contributed by atoms with Crippen LogP contribution in [0.25, 0.3) is 11.1 Å². The maximum atomic E-state index is 13.6. The highest BCUT2D eigenvalue weighted by Crippen LogP contribution is 2.42. The maximum absolute atomic E-state index is 13.6. The fraction of sp³-hybridized carbons (Fsp3) is 0.273. The lowest BCUT2D eigenvalue weighted by molar-refractivity contribution is -0.139. The van der Waals surface area contributed by atoms with Crippen LogP contribution < -0.4 is 9.46 Å². The van der Waals surface area contributed by atoms with Crippen LogP contribution in [0.4, 0.5) is 18.9 Å². The Kier molecular flexibility index (Phi) is 7.08. The summed E-state index contributed by atoms with van der Waals surface area (Å²) in [5.74, 6) is -0.427. The summed E-state index contributed by atoms with van der Waals surface area (Å²) in [5.41, 5.74) is -0.273. The first-order valence-electron chi connectivity index (χ1n) is 10.1. The Balaban J connectivity index is 1.69. The maximum Gasteiger partial charge on any atom is 0.419 e. The second-order valence-corrected chi connectivity index (χ2v) is 11.8. The highest BCUT2D eigenvalue weighted by molar-refractivity contribution is 7.94. The van der Waals surface area contributed by atoms with Crippen molar-refractivity contribution in [3.05, 3.63) is 63.5 Å². The zero-order chi connectivity index (χ0) is 24.7. The monoisotopic (exact) mass is 550 g/mol. The van der Waals surface area contributed by atoms with E-state index in [4.69, 9.17) is 27.9 Å². The van der Waals surface area contributed by atoms with Crippen molar-refractivity contribution in [2.24, 2.45) is 0 Å². The zero-order valence-electron chi connectivity index (χ0n) is 17.7. The van der Waals surface area contributed by atoms with Crippen LogP contribution in [0.3, 0.4) is 0 Å². The molecule has 2 heterocycles. The van der Waals surface area contributed by atoms with E-state index in [9.17, 15) is 21.6 Å². The van der Waals surface area contributed by atoms with E-state index in [2.05, 4.69) is 4.72 Å². The van der Waals surface area contributed by atoms with Crippen LogP contribution in [0, 0.1) is 0 Å². The number of benzene rings is 2. The van der Waals surface area contributed by atoms with E-state index in [1.807, 2.05) is 11.9 Å². The molecule has 1 aromatic heterocycles. The van der Waals surface area contributed by atoms with Gasteiger partial charge in [-0.2, -0.15) is 13.2 Å². The first-order chi connectivity index (χ1) is 15.9. The predicted octanol–water partition coefficient (Wildman–Crippen LogP) is 6.62. The number of hydrogen-bond acceptors (Lipinski definition) is 5. The predicted molar refractivity (Wildman–Crippen MR) is 129 cm³/mol. The summed E-state index contributed by atoms with van der Waals surface area (Å²) < 4.78 is 75.2. The Labute approximate surface area is 209 Å². The molecular weight excluding hydrogens is 532 g/mol. The molecule has 34 heavy (non-hydrogen) atoms. The SMILES string of the molecule is CN1CC[C@@H](Oc2cc(NS(=O)(=O)c3sc(Cl)cc3-c3ccccc3Cl)ccc2C(F)(F)F)C1. The van der Waals surface area contributed by atoms with Gasteiger partial charge in [-0.25, -0.2) is 8.42 Å². The molecule has 3 aromatic rings. The molecule has 2 aromatic carbocycles.